The number of hydrogen-bond donors (Lipinski definition) is 4. The maximum absolute atomic E-state index is 16.6. The van der Waals surface area contributed by atoms with Crippen molar-refractivity contribution >= 4 is 63.8 Å². The number of nitrogens with zero attached hydrogens (tertiary/aromatic N) is 4. The molecule has 79 heavy (non-hydrogen) atoms. The SMILES string of the molecule is CCOC(=O)C1(C(=O)[C@H](CCCCN)NC(=O)[C@@H]2CCCN2C(=O)CC(c2ccccc2)c2ccccc2)CCN(C(=O)CC(c2ccccc2)c2ccccc2)[C@@]1(C(=O)N[C@@H](CCCCN)C(=O)c1cs[c]n1)c1nccs1. The number of unbranched alkanes of at least 4 members (excludes halogenated alkanes) is 2. The molecule has 2 fully saturated rings. The lowest BCUT2D eigenvalue weighted by atomic mass is 9.63. The highest BCUT2D eigenvalue weighted by Crippen LogP contribution is 2.56. The van der Waals surface area contributed by atoms with Gasteiger partial charge in [-0.3, -0.25) is 33.6 Å². The fourth-order valence-electron chi connectivity index (χ4n) is 11.5. The van der Waals surface area contributed by atoms with E-state index in [1.807, 2.05) is 121 Å². The Labute approximate surface area is 469 Å². The molecule has 4 amide bonds. The number of Topliss-reactive ketones (excluding diaryl/α,β-unsaturated/α-hetero) is 2. The van der Waals surface area contributed by atoms with Crippen molar-refractivity contribution < 1.29 is 38.3 Å². The van der Waals surface area contributed by atoms with E-state index in [0.717, 1.165) is 44.9 Å². The summed E-state index contributed by atoms with van der Waals surface area (Å²) in [5, 5.41) is 9.01. The molecular formula is C61H69N8O8S2. The number of likely N-dealkylation sites (tertiary alicyclic amines) is 2. The average Bonchev–Trinajstić information content (AvgIpc) is 3.44. The minimum absolute atomic E-state index is 0.0260. The number of thiazole rings is 2. The second-order valence-electron chi connectivity index (χ2n) is 20.1. The predicted octanol–water partition coefficient (Wildman–Crippen LogP) is 7.49. The highest BCUT2D eigenvalue weighted by molar-refractivity contribution is 7.10. The molecule has 2 aliphatic heterocycles. The molecule has 16 nitrogen and oxygen atoms in total. The summed E-state index contributed by atoms with van der Waals surface area (Å²) in [6.45, 7) is 1.90. The van der Waals surface area contributed by atoms with E-state index >= 15 is 24.0 Å². The second kappa shape index (κ2) is 27.6. The van der Waals surface area contributed by atoms with Crippen molar-refractivity contribution in [3.63, 3.8) is 0 Å². The van der Waals surface area contributed by atoms with Crippen LogP contribution in [0.25, 0.3) is 0 Å². The number of rotatable bonds is 27. The van der Waals surface area contributed by atoms with Crippen LogP contribution in [0.1, 0.15) is 127 Å². The summed E-state index contributed by atoms with van der Waals surface area (Å²) >= 11 is 2.05. The third kappa shape index (κ3) is 12.6. The van der Waals surface area contributed by atoms with Gasteiger partial charge in [-0.05, 0) is 100 Å². The molecule has 0 spiro atoms. The molecule has 6 aromatic rings. The van der Waals surface area contributed by atoms with Gasteiger partial charge in [0.2, 0.25) is 23.5 Å². The summed E-state index contributed by atoms with van der Waals surface area (Å²) in [4.78, 5) is 120. The van der Waals surface area contributed by atoms with Gasteiger partial charge >= 0.3 is 5.97 Å². The van der Waals surface area contributed by atoms with E-state index in [4.69, 9.17) is 21.2 Å². The molecule has 18 heteroatoms. The van der Waals surface area contributed by atoms with Gasteiger partial charge in [0.15, 0.2) is 22.2 Å². The fourth-order valence-corrected chi connectivity index (χ4v) is 12.9. The minimum Gasteiger partial charge on any atom is -0.465 e. The van der Waals surface area contributed by atoms with Crippen LogP contribution in [-0.2, 0) is 39.0 Å². The minimum atomic E-state index is -2.60. The van der Waals surface area contributed by atoms with E-state index in [-0.39, 0.29) is 67.9 Å². The van der Waals surface area contributed by atoms with Gasteiger partial charge in [-0.1, -0.05) is 121 Å². The predicted molar refractivity (Wildman–Crippen MR) is 303 cm³/mol. The van der Waals surface area contributed by atoms with Crippen LogP contribution in [0.3, 0.4) is 0 Å². The van der Waals surface area contributed by atoms with Crippen LogP contribution >= 0.6 is 22.7 Å². The molecule has 5 atom stereocenters. The normalized spacial score (nSPS) is 18.8. The van der Waals surface area contributed by atoms with Crippen LogP contribution in [0.5, 0.6) is 0 Å². The van der Waals surface area contributed by atoms with Gasteiger partial charge in [0.1, 0.15) is 16.7 Å². The molecule has 2 saturated heterocycles. The molecular weight excluding hydrogens is 1040 g/mol. The smallest absolute Gasteiger partial charge is 0.323 e. The lowest BCUT2D eigenvalue weighted by Gasteiger charge is -2.46. The summed E-state index contributed by atoms with van der Waals surface area (Å²) < 4.78 is 5.95. The first-order valence-corrected chi connectivity index (χ1v) is 29.0. The number of carbonyl (C=O) groups is 7. The van der Waals surface area contributed by atoms with Crippen LogP contribution in [0.4, 0.5) is 0 Å². The Hall–Kier alpha value is -7.25. The zero-order valence-corrected chi connectivity index (χ0v) is 46.1. The molecule has 8 rings (SSSR count). The number of esters is 1. The topological polar surface area (TPSA) is 237 Å². The number of nitrogens with two attached hydrogens (primary N) is 2. The van der Waals surface area contributed by atoms with E-state index in [1.54, 1.807) is 17.2 Å². The lowest BCUT2D eigenvalue weighted by molar-refractivity contribution is -0.175. The van der Waals surface area contributed by atoms with Gasteiger partial charge in [-0.25, -0.2) is 9.97 Å². The Morgan fingerprint density at radius 2 is 1.27 bits per heavy atom. The molecule has 0 saturated carbocycles. The van der Waals surface area contributed by atoms with Crippen molar-refractivity contribution in [3.05, 3.63) is 177 Å². The first kappa shape index (κ1) is 57.9. The van der Waals surface area contributed by atoms with Crippen molar-refractivity contribution in [2.75, 3.05) is 32.8 Å². The Kier molecular flexibility index (Phi) is 20.2. The maximum Gasteiger partial charge on any atom is 0.323 e. The molecule has 2 aromatic heterocycles. The maximum atomic E-state index is 16.6. The van der Waals surface area contributed by atoms with Gasteiger partial charge in [-0.2, -0.15) is 0 Å². The van der Waals surface area contributed by atoms with E-state index in [2.05, 4.69) is 21.1 Å². The van der Waals surface area contributed by atoms with Crippen molar-refractivity contribution in [2.24, 2.45) is 16.9 Å². The number of ether oxygens (including phenoxy) is 1. The Balaban J connectivity index is 1.23. The van der Waals surface area contributed by atoms with Gasteiger partial charge < -0.3 is 36.6 Å². The Bertz CT molecular complexity index is 2890. The summed E-state index contributed by atoms with van der Waals surface area (Å²) in [5.74, 6) is -5.85. The summed E-state index contributed by atoms with van der Waals surface area (Å²) in [7, 11) is 0. The average molecular weight is 1110 g/mol. The van der Waals surface area contributed by atoms with Crippen molar-refractivity contribution in [1.29, 1.82) is 0 Å². The van der Waals surface area contributed by atoms with Gasteiger partial charge in [0.05, 0.1) is 18.7 Å². The molecule has 0 aliphatic carbocycles. The van der Waals surface area contributed by atoms with Crippen LogP contribution in [-0.4, -0.2) is 112 Å². The summed E-state index contributed by atoms with van der Waals surface area (Å²) in [5.41, 5.74) is 13.0. The largest absolute Gasteiger partial charge is 0.465 e. The molecule has 6 N–H and O–H groups in total. The Morgan fingerprint density at radius 3 is 1.76 bits per heavy atom. The fraction of sp³-hybridized carbons (Fsp3) is 0.393. The van der Waals surface area contributed by atoms with Gasteiger partial charge in [-0.15, -0.1) is 22.7 Å². The van der Waals surface area contributed by atoms with Crippen molar-refractivity contribution in [3.8, 4) is 0 Å². The number of carbonyl (C=O) groups excluding carboxylic acids is 7. The van der Waals surface area contributed by atoms with E-state index in [0.29, 0.717) is 51.6 Å². The van der Waals surface area contributed by atoms with Crippen molar-refractivity contribution in [1.82, 2.24) is 30.4 Å². The van der Waals surface area contributed by atoms with Crippen molar-refractivity contribution in [2.45, 2.75) is 113 Å². The first-order chi connectivity index (χ1) is 38.5. The molecule has 1 radical (unpaired) electrons. The van der Waals surface area contributed by atoms with E-state index in [1.165, 1.54) is 16.5 Å². The van der Waals surface area contributed by atoms with Gasteiger partial charge in [0, 0.05) is 54.7 Å². The highest BCUT2D eigenvalue weighted by Gasteiger charge is 2.76. The van der Waals surface area contributed by atoms with Crippen LogP contribution < -0.4 is 22.1 Å². The Morgan fingerprint density at radius 1 is 0.722 bits per heavy atom. The molecule has 2 aliphatic rings. The highest BCUT2D eigenvalue weighted by atomic mass is 32.1. The zero-order valence-electron chi connectivity index (χ0n) is 44.5. The molecule has 0 bridgehead atoms. The summed E-state index contributed by atoms with van der Waals surface area (Å²) in [6.07, 6.45) is 3.41. The third-order valence-electron chi connectivity index (χ3n) is 15.4. The zero-order chi connectivity index (χ0) is 55.8. The second-order valence-corrected chi connectivity index (χ2v) is 21.6. The van der Waals surface area contributed by atoms with Crippen LogP contribution in [0.2, 0.25) is 0 Å². The van der Waals surface area contributed by atoms with E-state index in [9.17, 15) is 9.59 Å². The lowest BCUT2D eigenvalue weighted by Crippen LogP contribution is -2.70. The number of ketones is 2. The number of nitrogens with one attached hydrogen (secondary N) is 2. The van der Waals surface area contributed by atoms with E-state index < -0.39 is 76.7 Å². The monoisotopic (exact) mass is 1110 g/mol. The standard InChI is InChI=1S/C61H69N8O8S2/c1-2-77-59(76)60(55(73)49(29-16-18-33-63)66-56(74)51-30-19-35-68(51)52(70)38-46(42-20-7-3-8-21-42)43-22-9-4-10-23-43)31-36-69(53(71)39-47(44-24-11-5-12-25-44)45-26-13-6-14-27-45)61(60,58-64-34-37-79-58)57(75)67-48(28-15-17-32-62)54(72)50-40-78-41-65-50/h3-14,20-27,34,37,40,46-49,51H,2,15-19,28-33,35-36,38-39,62-63H2,1H3,(H,66,74)(H,67,75)/t48-,49-,51-,60?,61-/m0/s1. The third-order valence-corrected chi connectivity index (χ3v) is 16.8. The molecule has 4 aromatic carbocycles. The van der Waals surface area contributed by atoms with Crippen LogP contribution in [0, 0.1) is 10.9 Å². The quantitative estimate of drug-likeness (QED) is 0.0170. The first-order valence-electron chi connectivity index (χ1n) is 27.3. The number of hydrogen-bond acceptors (Lipinski definition) is 14. The van der Waals surface area contributed by atoms with Crippen LogP contribution in [0.15, 0.2) is 138 Å². The number of benzene rings is 4. The number of aromatic nitrogens is 2. The molecule has 4 heterocycles. The summed E-state index contributed by atoms with van der Waals surface area (Å²) in [6, 6.07) is 34.6. The van der Waals surface area contributed by atoms with Gasteiger partial charge in [0.25, 0.3) is 5.91 Å². The number of amides is 4. The molecule has 413 valence electrons. The molecule has 1 unspecified atom stereocenters.